The first kappa shape index (κ1) is 18.5. The number of nitrogens with zero attached hydrogens (tertiary/aromatic N) is 5. The largest absolute Gasteiger partial charge is 0.417 e. The number of anilines is 1. The molecule has 0 spiro atoms. The number of nitrogens with one attached hydrogen (secondary N) is 1. The Morgan fingerprint density at radius 3 is 2.66 bits per heavy atom. The highest BCUT2D eigenvalue weighted by atomic mass is 19.4. The van der Waals surface area contributed by atoms with E-state index in [1.54, 1.807) is 6.92 Å². The first-order valence-corrected chi connectivity index (χ1v) is 8.44. The van der Waals surface area contributed by atoms with Crippen molar-refractivity contribution in [2.24, 2.45) is 0 Å². The molecular weight excluding hydrogens is 385 g/mol. The van der Waals surface area contributed by atoms with Crippen LogP contribution in [0, 0.1) is 6.92 Å². The Morgan fingerprint density at radius 2 is 1.93 bits per heavy atom. The smallest absolute Gasteiger partial charge is 0.316 e. The second-order valence-corrected chi connectivity index (χ2v) is 6.13. The van der Waals surface area contributed by atoms with Gasteiger partial charge in [0.25, 0.3) is 5.91 Å². The third-order valence-electron chi connectivity index (χ3n) is 4.20. The van der Waals surface area contributed by atoms with Gasteiger partial charge in [0.1, 0.15) is 11.4 Å². The molecule has 146 valence electrons. The number of carbonyl (C=O) groups is 1. The molecule has 1 amide bonds. The number of alkyl halides is 3. The van der Waals surface area contributed by atoms with Gasteiger partial charge in [0.05, 0.1) is 23.1 Å². The number of rotatable bonds is 3. The second-order valence-electron chi connectivity index (χ2n) is 6.13. The Kier molecular flexibility index (Phi) is 4.45. The number of halogens is 3. The molecule has 10 heteroatoms. The molecule has 0 unspecified atom stereocenters. The number of fused-ring (bicyclic) bond motifs is 1. The van der Waals surface area contributed by atoms with E-state index in [-0.39, 0.29) is 28.3 Å². The quantitative estimate of drug-likeness (QED) is 0.568. The van der Waals surface area contributed by atoms with Crippen LogP contribution in [-0.4, -0.2) is 30.5 Å². The maximum absolute atomic E-state index is 13.4. The SMILES string of the molecule is Cc1nn2ccc(-c3ccccc3C(F)(F)F)nc2c1NC(=O)c1cnccn1. The van der Waals surface area contributed by atoms with Crippen LogP contribution < -0.4 is 5.32 Å². The van der Waals surface area contributed by atoms with Gasteiger partial charge in [0.15, 0.2) is 5.65 Å². The van der Waals surface area contributed by atoms with Crippen molar-refractivity contribution >= 4 is 17.2 Å². The fourth-order valence-corrected chi connectivity index (χ4v) is 2.88. The molecule has 0 saturated heterocycles. The molecule has 0 radical (unpaired) electrons. The molecule has 3 aromatic heterocycles. The van der Waals surface area contributed by atoms with Crippen molar-refractivity contribution in [2.75, 3.05) is 5.32 Å². The number of hydrogen-bond acceptors (Lipinski definition) is 5. The Balaban J connectivity index is 1.80. The van der Waals surface area contributed by atoms with Gasteiger partial charge in [-0.1, -0.05) is 18.2 Å². The Bertz CT molecular complexity index is 1200. The number of aryl methyl sites for hydroxylation is 1. The van der Waals surface area contributed by atoms with Crippen LogP contribution in [0.3, 0.4) is 0 Å². The van der Waals surface area contributed by atoms with E-state index in [1.807, 2.05) is 0 Å². The maximum atomic E-state index is 13.4. The molecule has 1 aromatic carbocycles. The number of amides is 1. The van der Waals surface area contributed by atoms with Crippen molar-refractivity contribution in [3.63, 3.8) is 0 Å². The maximum Gasteiger partial charge on any atom is 0.417 e. The molecule has 0 atom stereocenters. The van der Waals surface area contributed by atoms with Gasteiger partial charge >= 0.3 is 6.18 Å². The van der Waals surface area contributed by atoms with E-state index in [0.29, 0.717) is 5.69 Å². The lowest BCUT2D eigenvalue weighted by Crippen LogP contribution is -2.14. The van der Waals surface area contributed by atoms with Crippen LogP contribution >= 0.6 is 0 Å². The number of carbonyl (C=O) groups excluding carboxylic acids is 1. The Morgan fingerprint density at radius 1 is 1.14 bits per heavy atom. The Hall–Kier alpha value is -3.82. The summed E-state index contributed by atoms with van der Waals surface area (Å²) in [6, 6.07) is 6.62. The van der Waals surface area contributed by atoms with E-state index in [1.165, 1.54) is 53.6 Å². The van der Waals surface area contributed by atoms with Gasteiger partial charge in [-0.25, -0.2) is 14.5 Å². The summed E-state index contributed by atoms with van der Waals surface area (Å²) in [5.41, 5.74) is 0.299. The van der Waals surface area contributed by atoms with Crippen LogP contribution in [0.15, 0.2) is 55.1 Å². The van der Waals surface area contributed by atoms with Crippen molar-refractivity contribution in [3.8, 4) is 11.3 Å². The van der Waals surface area contributed by atoms with Crippen LogP contribution in [0.1, 0.15) is 21.7 Å². The molecule has 3 heterocycles. The first-order valence-electron chi connectivity index (χ1n) is 8.44. The summed E-state index contributed by atoms with van der Waals surface area (Å²) < 4.78 is 41.5. The number of hydrogen-bond donors (Lipinski definition) is 1. The summed E-state index contributed by atoms with van der Waals surface area (Å²) in [6.07, 6.45) is 1.08. The van der Waals surface area contributed by atoms with Gasteiger partial charge in [0.2, 0.25) is 0 Å². The molecule has 1 N–H and O–H groups in total. The van der Waals surface area contributed by atoms with Crippen molar-refractivity contribution < 1.29 is 18.0 Å². The molecule has 0 saturated carbocycles. The van der Waals surface area contributed by atoms with Gasteiger partial charge in [0, 0.05) is 24.2 Å². The molecule has 29 heavy (non-hydrogen) atoms. The molecule has 0 aliphatic carbocycles. The summed E-state index contributed by atoms with van der Waals surface area (Å²) in [7, 11) is 0. The fraction of sp³-hybridized carbons (Fsp3) is 0.105. The molecule has 0 fully saturated rings. The van der Waals surface area contributed by atoms with Gasteiger partial charge in [-0.2, -0.15) is 18.3 Å². The lowest BCUT2D eigenvalue weighted by molar-refractivity contribution is -0.137. The first-order chi connectivity index (χ1) is 13.8. The van der Waals surface area contributed by atoms with Crippen LogP contribution in [0.5, 0.6) is 0 Å². The number of aromatic nitrogens is 5. The minimum Gasteiger partial charge on any atom is -0.316 e. The highest BCUT2D eigenvalue weighted by molar-refractivity contribution is 6.05. The third-order valence-corrected chi connectivity index (χ3v) is 4.20. The van der Waals surface area contributed by atoms with Crippen molar-refractivity contribution in [1.29, 1.82) is 0 Å². The summed E-state index contributed by atoms with van der Waals surface area (Å²) in [5.74, 6) is -0.529. The summed E-state index contributed by atoms with van der Waals surface area (Å²) in [6.45, 7) is 1.66. The standard InChI is InChI=1S/C19H13F3N6O/c1-11-16(26-18(29)15-10-23-7-8-24-15)17-25-14(6-9-28(17)27-11)12-4-2-3-5-13(12)19(20,21)22/h2-10H,1H3,(H,26,29). The van der Waals surface area contributed by atoms with Crippen molar-refractivity contribution in [1.82, 2.24) is 24.6 Å². The van der Waals surface area contributed by atoms with E-state index in [4.69, 9.17) is 0 Å². The highest BCUT2D eigenvalue weighted by Gasteiger charge is 2.33. The summed E-state index contributed by atoms with van der Waals surface area (Å²) >= 11 is 0. The van der Waals surface area contributed by atoms with Gasteiger partial charge < -0.3 is 5.32 Å². The van der Waals surface area contributed by atoms with Crippen LogP contribution in [0.25, 0.3) is 16.9 Å². The Labute approximate surface area is 162 Å². The topological polar surface area (TPSA) is 85.1 Å². The zero-order chi connectivity index (χ0) is 20.6. The molecule has 4 aromatic rings. The normalized spacial score (nSPS) is 11.6. The molecular formula is C19H13F3N6O. The molecule has 7 nitrogen and oxygen atoms in total. The zero-order valence-electron chi connectivity index (χ0n) is 15.0. The predicted molar refractivity (Wildman–Crippen MR) is 98.1 cm³/mol. The third kappa shape index (κ3) is 3.51. The molecule has 4 rings (SSSR count). The molecule has 0 bridgehead atoms. The molecule has 0 aliphatic heterocycles. The average Bonchev–Trinajstić information content (AvgIpc) is 3.02. The van der Waals surface area contributed by atoms with E-state index in [2.05, 4.69) is 25.4 Å². The summed E-state index contributed by atoms with van der Waals surface area (Å²) in [4.78, 5) is 24.5. The van der Waals surface area contributed by atoms with Crippen LogP contribution in [0.2, 0.25) is 0 Å². The minimum absolute atomic E-state index is 0.0624. The van der Waals surface area contributed by atoms with Gasteiger partial charge in [-0.15, -0.1) is 0 Å². The van der Waals surface area contributed by atoms with E-state index >= 15 is 0 Å². The second kappa shape index (κ2) is 6.97. The summed E-state index contributed by atoms with van der Waals surface area (Å²) in [5, 5.41) is 6.91. The van der Waals surface area contributed by atoms with Crippen molar-refractivity contribution in [2.45, 2.75) is 13.1 Å². The van der Waals surface area contributed by atoms with Crippen LogP contribution in [0.4, 0.5) is 18.9 Å². The van der Waals surface area contributed by atoms with Crippen molar-refractivity contribution in [3.05, 3.63) is 72.1 Å². The van der Waals surface area contributed by atoms with E-state index < -0.39 is 17.6 Å². The fourth-order valence-electron chi connectivity index (χ4n) is 2.88. The van der Waals surface area contributed by atoms with Crippen LogP contribution in [-0.2, 0) is 6.18 Å². The monoisotopic (exact) mass is 398 g/mol. The van der Waals surface area contributed by atoms with Gasteiger partial charge in [-0.05, 0) is 19.1 Å². The highest BCUT2D eigenvalue weighted by Crippen LogP contribution is 2.36. The number of benzene rings is 1. The molecule has 0 aliphatic rings. The average molecular weight is 398 g/mol. The van der Waals surface area contributed by atoms with E-state index in [0.717, 1.165) is 6.07 Å². The lowest BCUT2D eigenvalue weighted by atomic mass is 10.0. The minimum atomic E-state index is -4.52. The zero-order valence-corrected chi connectivity index (χ0v) is 15.0. The predicted octanol–water partition coefficient (Wildman–Crippen LogP) is 3.77. The van der Waals surface area contributed by atoms with Gasteiger partial charge in [-0.3, -0.25) is 9.78 Å². The van der Waals surface area contributed by atoms with E-state index in [9.17, 15) is 18.0 Å². The lowest BCUT2D eigenvalue weighted by Gasteiger charge is -2.12.